The van der Waals surface area contributed by atoms with Crippen molar-refractivity contribution in [1.82, 2.24) is 0 Å². The van der Waals surface area contributed by atoms with E-state index in [1.165, 1.54) is 58.3 Å². The molecule has 2 N–H and O–H groups in total. The lowest BCUT2D eigenvalue weighted by Crippen LogP contribution is -2.29. The molecule has 2 atom stereocenters. The molecule has 0 aromatic carbocycles. The molecule has 3 nitrogen and oxygen atoms in total. The second kappa shape index (κ2) is 12.6. The Morgan fingerprint density at radius 1 is 0.842 bits per heavy atom. The molecule has 0 bridgehead atoms. The number of ketones is 1. The van der Waals surface area contributed by atoms with Crippen molar-refractivity contribution in [2.75, 3.05) is 0 Å². The molecule has 114 valence electrons. The summed E-state index contributed by atoms with van der Waals surface area (Å²) in [5.74, 6) is -0.448. The number of unbranched alkanes of at least 4 members (excludes halogenated alkanes) is 9. The Balaban J connectivity index is 3.25. The van der Waals surface area contributed by atoms with Gasteiger partial charge >= 0.3 is 0 Å². The average Bonchev–Trinajstić information content (AvgIpc) is 2.39. The van der Waals surface area contributed by atoms with Crippen molar-refractivity contribution in [3.63, 3.8) is 0 Å². The predicted octanol–water partition coefficient (Wildman–Crippen LogP) is 3.61. The number of aliphatic hydroxyl groups excluding tert-OH is 2. The second-order valence-electron chi connectivity index (χ2n) is 5.56. The normalized spacial score (nSPS) is 14.3. The number of aliphatic hydroxyl groups is 2. The Morgan fingerprint density at radius 2 is 1.26 bits per heavy atom. The van der Waals surface area contributed by atoms with Crippen molar-refractivity contribution in [1.29, 1.82) is 0 Å². The lowest BCUT2D eigenvalue weighted by molar-refractivity contribution is -0.135. The molecule has 0 rings (SSSR count). The maximum atomic E-state index is 11.2. The van der Waals surface area contributed by atoms with Gasteiger partial charge in [-0.3, -0.25) is 4.79 Å². The molecular weight excluding hydrogens is 240 g/mol. The molecule has 0 aromatic heterocycles. The molecule has 19 heavy (non-hydrogen) atoms. The number of carbonyl (C=O) groups excluding carboxylic acids is 1. The van der Waals surface area contributed by atoms with Crippen LogP contribution in [0.4, 0.5) is 0 Å². The summed E-state index contributed by atoms with van der Waals surface area (Å²) in [5, 5.41) is 18.5. The molecule has 0 aliphatic heterocycles. The van der Waals surface area contributed by atoms with Crippen LogP contribution in [0.1, 0.15) is 84.5 Å². The zero-order chi connectivity index (χ0) is 14.5. The molecule has 0 aliphatic rings. The van der Waals surface area contributed by atoms with E-state index in [2.05, 4.69) is 6.92 Å². The van der Waals surface area contributed by atoms with Crippen molar-refractivity contribution in [3.05, 3.63) is 0 Å². The monoisotopic (exact) mass is 272 g/mol. The lowest BCUT2D eigenvalue weighted by Gasteiger charge is -2.10. The first-order valence-electron chi connectivity index (χ1n) is 7.99. The van der Waals surface area contributed by atoms with E-state index < -0.39 is 18.0 Å². The first-order valence-corrected chi connectivity index (χ1v) is 7.99. The Labute approximate surface area is 118 Å². The highest BCUT2D eigenvalue weighted by atomic mass is 16.3. The van der Waals surface area contributed by atoms with Crippen LogP contribution >= 0.6 is 0 Å². The predicted molar refractivity (Wildman–Crippen MR) is 79.2 cm³/mol. The summed E-state index contributed by atoms with van der Waals surface area (Å²) >= 11 is 0. The molecular formula is C16H32O3. The third kappa shape index (κ3) is 11.1. The van der Waals surface area contributed by atoms with Crippen LogP contribution in [0.5, 0.6) is 0 Å². The van der Waals surface area contributed by atoms with Crippen LogP contribution in [0.15, 0.2) is 0 Å². The van der Waals surface area contributed by atoms with Crippen molar-refractivity contribution >= 4 is 5.78 Å². The van der Waals surface area contributed by atoms with E-state index >= 15 is 0 Å². The Kier molecular flexibility index (Phi) is 12.3. The molecule has 0 radical (unpaired) electrons. The summed E-state index contributed by atoms with van der Waals surface area (Å²) in [5.41, 5.74) is 0. The quantitative estimate of drug-likeness (QED) is 0.504. The van der Waals surface area contributed by atoms with Crippen LogP contribution in [0.2, 0.25) is 0 Å². The first kappa shape index (κ1) is 18.6. The van der Waals surface area contributed by atoms with Gasteiger partial charge in [-0.15, -0.1) is 0 Å². The summed E-state index contributed by atoms with van der Waals surface area (Å²) in [6.07, 6.45) is 10.9. The van der Waals surface area contributed by atoms with Crippen LogP contribution in [0.3, 0.4) is 0 Å². The standard InChI is InChI=1S/C16H32O3/c1-3-4-5-6-7-8-9-10-11-12-13-15(18)16(19)14(2)17/h14-15,17-18H,3-13H2,1-2H3. The van der Waals surface area contributed by atoms with Gasteiger partial charge in [-0.2, -0.15) is 0 Å². The fraction of sp³-hybridized carbons (Fsp3) is 0.938. The molecule has 0 saturated carbocycles. The van der Waals surface area contributed by atoms with E-state index in [9.17, 15) is 9.90 Å². The maximum Gasteiger partial charge on any atom is 0.189 e. The van der Waals surface area contributed by atoms with Crippen molar-refractivity contribution in [2.24, 2.45) is 0 Å². The maximum absolute atomic E-state index is 11.2. The van der Waals surface area contributed by atoms with Crippen LogP contribution in [0, 0.1) is 0 Å². The van der Waals surface area contributed by atoms with Gasteiger partial charge in [0.15, 0.2) is 5.78 Å². The zero-order valence-corrected chi connectivity index (χ0v) is 12.7. The van der Waals surface area contributed by atoms with Crippen molar-refractivity contribution in [3.8, 4) is 0 Å². The van der Waals surface area contributed by atoms with Gasteiger partial charge in [-0.05, 0) is 13.3 Å². The highest BCUT2D eigenvalue weighted by molar-refractivity contribution is 5.86. The Morgan fingerprint density at radius 3 is 1.68 bits per heavy atom. The van der Waals surface area contributed by atoms with Gasteiger partial charge in [0.25, 0.3) is 0 Å². The molecule has 0 saturated heterocycles. The summed E-state index contributed by atoms with van der Waals surface area (Å²) in [6.45, 7) is 3.64. The number of carbonyl (C=O) groups is 1. The van der Waals surface area contributed by atoms with Crippen LogP contribution in [0.25, 0.3) is 0 Å². The second-order valence-corrected chi connectivity index (χ2v) is 5.56. The van der Waals surface area contributed by atoms with Gasteiger partial charge in [-0.25, -0.2) is 0 Å². The molecule has 0 amide bonds. The van der Waals surface area contributed by atoms with E-state index in [0.717, 1.165) is 12.8 Å². The molecule has 0 aliphatic carbocycles. The van der Waals surface area contributed by atoms with Gasteiger partial charge in [0.1, 0.15) is 12.2 Å². The van der Waals surface area contributed by atoms with E-state index in [0.29, 0.717) is 6.42 Å². The smallest absolute Gasteiger partial charge is 0.189 e. The third-order valence-corrected chi connectivity index (χ3v) is 3.57. The molecule has 2 unspecified atom stereocenters. The Hall–Kier alpha value is -0.410. The van der Waals surface area contributed by atoms with E-state index in [1.54, 1.807) is 0 Å². The fourth-order valence-corrected chi connectivity index (χ4v) is 2.25. The molecule has 3 heteroatoms. The zero-order valence-electron chi connectivity index (χ0n) is 12.7. The number of hydrogen-bond donors (Lipinski definition) is 2. The average molecular weight is 272 g/mol. The highest BCUT2D eigenvalue weighted by Gasteiger charge is 2.18. The van der Waals surface area contributed by atoms with E-state index in [-0.39, 0.29) is 0 Å². The summed E-state index contributed by atoms with van der Waals surface area (Å²) < 4.78 is 0. The largest absolute Gasteiger partial charge is 0.386 e. The summed E-state index contributed by atoms with van der Waals surface area (Å²) in [4.78, 5) is 11.2. The summed E-state index contributed by atoms with van der Waals surface area (Å²) in [6, 6.07) is 0. The SMILES string of the molecule is CCCCCCCCCCCCC(O)C(=O)C(C)O. The minimum absolute atomic E-state index is 0.448. The molecule has 0 aromatic rings. The van der Waals surface area contributed by atoms with E-state index in [1.807, 2.05) is 0 Å². The van der Waals surface area contributed by atoms with Gasteiger partial charge in [0, 0.05) is 0 Å². The van der Waals surface area contributed by atoms with Crippen LogP contribution in [-0.2, 0) is 4.79 Å². The Bertz CT molecular complexity index is 214. The number of Topliss-reactive ketones (excluding diaryl/α,β-unsaturated/α-hetero) is 1. The van der Waals surface area contributed by atoms with E-state index in [4.69, 9.17) is 5.11 Å². The van der Waals surface area contributed by atoms with Crippen molar-refractivity contribution in [2.45, 2.75) is 96.7 Å². The molecule has 0 fully saturated rings. The van der Waals surface area contributed by atoms with Gasteiger partial charge < -0.3 is 10.2 Å². The minimum Gasteiger partial charge on any atom is -0.386 e. The van der Waals surface area contributed by atoms with Crippen LogP contribution in [-0.4, -0.2) is 28.2 Å². The molecule has 0 heterocycles. The van der Waals surface area contributed by atoms with Gasteiger partial charge in [0.05, 0.1) is 0 Å². The lowest BCUT2D eigenvalue weighted by atomic mass is 10.0. The van der Waals surface area contributed by atoms with Crippen molar-refractivity contribution < 1.29 is 15.0 Å². The number of rotatable bonds is 13. The van der Waals surface area contributed by atoms with Gasteiger partial charge in [0.2, 0.25) is 0 Å². The molecule has 0 spiro atoms. The minimum atomic E-state index is -1.04. The first-order chi connectivity index (χ1) is 9.09. The highest BCUT2D eigenvalue weighted by Crippen LogP contribution is 2.12. The summed E-state index contributed by atoms with van der Waals surface area (Å²) in [7, 11) is 0. The third-order valence-electron chi connectivity index (χ3n) is 3.57. The number of hydrogen-bond acceptors (Lipinski definition) is 3. The fourth-order valence-electron chi connectivity index (χ4n) is 2.25. The van der Waals surface area contributed by atoms with Gasteiger partial charge in [-0.1, -0.05) is 71.1 Å². The van der Waals surface area contributed by atoms with Crippen LogP contribution < -0.4 is 0 Å². The topological polar surface area (TPSA) is 57.5 Å².